The highest BCUT2D eigenvalue weighted by Gasteiger charge is 2.26. The van der Waals surface area contributed by atoms with E-state index in [0.29, 0.717) is 0 Å². The summed E-state index contributed by atoms with van der Waals surface area (Å²) in [5.41, 5.74) is 3.65. The van der Waals surface area contributed by atoms with Gasteiger partial charge in [0.15, 0.2) is 0 Å². The Morgan fingerprint density at radius 2 is 2.17 bits per heavy atom. The SMILES string of the molecule is CC(C)(CC(N)=O)Nc1cccc(F)c1[N+](=O)[O-]. The van der Waals surface area contributed by atoms with Crippen molar-refractivity contribution in [2.75, 3.05) is 5.32 Å². The zero-order valence-electron chi connectivity index (χ0n) is 10.1. The molecule has 1 aromatic rings. The normalized spacial score (nSPS) is 11.1. The number of halogens is 1. The molecular weight excluding hydrogens is 241 g/mol. The third-order valence-corrected chi connectivity index (χ3v) is 2.26. The molecular formula is C11H14FN3O3. The highest BCUT2D eigenvalue weighted by Crippen LogP contribution is 2.30. The lowest BCUT2D eigenvalue weighted by Crippen LogP contribution is -2.36. The van der Waals surface area contributed by atoms with Crippen LogP contribution in [0.15, 0.2) is 18.2 Å². The molecule has 0 spiro atoms. The molecule has 0 unspecified atom stereocenters. The van der Waals surface area contributed by atoms with Crippen LogP contribution in [0.4, 0.5) is 15.8 Å². The number of nitrogens with two attached hydrogens (primary N) is 1. The first-order valence-electron chi connectivity index (χ1n) is 5.22. The molecule has 1 aromatic carbocycles. The van der Waals surface area contributed by atoms with Gasteiger partial charge in [-0.25, -0.2) is 0 Å². The summed E-state index contributed by atoms with van der Waals surface area (Å²) in [7, 11) is 0. The van der Waals surface area contributed by atoms with E-state index in [2.05, 4.69) is 5.32 Å². The van der Waals surface area contributed by atoms with Crippen LogP contribution in [0.2, 0.25) is 0 Å². The van der Waals surface area contributed by atoms with E-state index < -0.39 is 27.9 Å². The highest BCUT2D eigenvalue weighted by molar-refractivity contribution is 5.76. The summed E-state index contributed by atoms with van der Waals surface area (Å²) < 4.78 is 13.4. The Morgan fingerprint density at radius 3 is 2.67 bits per heavy atom. The first-order valence-corrected chi connectivity index (χ1v) is 5.22. The number of nitro benzene ring substituents is 1. The summed E-state index contributed by atoms with van der Waals surface area (Å²) in [5.74, 6) is -1.48. The number of amides is 1. The minimum absolute atomic E-state index is 0.0197. The third-order valence-electron chi connectivity index (χ3n) is 2.26. The second-order valence-electron chi connectivity index (χ2n) is 4.55. The van der Waals surface area contributed by atoms with Crippen molar-refractivity contribution in [2.24, 2.45) is 5.73 Å². The fourth-order valence-electron chi connectivity index (χ4n) is 1.65. The number of carbonyl (C=O) groups is 1. The highest BCUT2D eigenvalue weighted by atomic mass is 19.1. The lowest BCUT2D eigenvalue weighted by molar-refractivity contribution is -0.386. The summed E-state index contributed by atoms with van der Waals surface area (Å²) in [6.07, 6.45) is -0.0271. The van der Waals surface area contributed by atoms with E-state index in [0.717, 1.165) is 6.07 Å². The number of nitrogens with one attached hydrogen (secondary N) is 1. The van der Waals surface area contributed by atoms with Crippen molar-refractivity contribution in [1.29, 1.82) is 0 Å². The number of nitrogens with zero attached hydrogens (tertiary/aromatic N) is 1. The van der Waals surface area contributed by atoms with Crippen LogP contribution >= 0.6 is 0 Å². The quantitative estimate of drug-likeness (QED) is 0.619. The van der Waals surface area contributed by atoms with Crippen LogP contribution in [-0.2, 0) is 4.79 Å². The first kappa shape index (κ1) is 13.9. The molecule has 6 nitrogen and oxygen atoms in total. The molecule has 1 rings (SSSR count). The zero-order valence-corrected chi connectivity index (χ0v) is 10.1. The number of benzene rings is 1. The number of nitro groups is 1. The van der Waals surface area contributed by atoms with Crippen molar-refractivity contribution in [1.82, 2.24) is 0 Å². The summed E-state index contributed by atoms with van der Waals surface area (Å²) in [5, 5.41) is 13.5. The van der Waals surface area contributed by atoms with E-state index in [1.165, 1.54) is 12.1 Å². The van der Waals surface area contributed by atoms with Gasteiger partial charge in [0.25, 0.3) is 0 Å². The van der Waals surface area contributed by atoms with Crippen molar-refractivity contribution in [3.63, 3.8) is 0 Å². The van der Waals surface area contributed by atoms with Gasteiger partial charge in [-0.3, -0.25) is 14.9 Å². The Morgan fingerprint density at radius 1 is 1.56 bits per heavy atom. The third kappa shape index (κ3) is 3.41. The van der Waals surface area contributed by atoms with Crippen LogP contribution in [-0.4, -0.2) is 16.4 Å². The second kappa shape index (κ2) is 4.99. The van der Waals surface area contributed by atoms with Crippen molar-refractivity contribution >= 4 is 17.3 Å². The number of para-hydroxylation sites is 1. The van der Waals surface area contributed by atoms with Gasteiger partial charge >= 0.3 is 5.69 Å². The molecule has 7 heteroatoms. The van der Waals surface area contributed by atoms with Gasteiger partial charge in [-0.1, -0.05) is 6.07 Å². The lowest BCUT2D eigenvalue weighted by Gasteiger charge is -2.25. The first-order chi connectivity index (χ1) is 8.23. The Hall–Kier alpha value is -2.18. The average Bonchev–Trinajstić information content (AvgIpc) is 2.13. The topological polar surface area (TPSA) is 98.3 Å². The molecule has 0 aliphatic carbocycles. The molecule has 0 heterocycles. The summed E-state index contributed by atoms with van der Waals surface area (Å²) in [4.78, 5) is 20.8. The van der Waals surface area contributed by atoms with E-state index in [4.69, 9.17) is 5.73 Å². The fourth-order valence-corrected chi connectivity index (χ4v) is 1.65. The second-order valence-corrected chi connectivity index (χ2v) is 4.55. The Kier molecular flexibility index (Phi) is 3.85. The molecule has 0 saturated carbocycles. The largest absolute Gasteiger partial charge is 0.374 e. The Bertz CT molecular complexity index is 488. The van der Waals surface area contributed by atoms with Crippen LogP contribution in [0.25, 0.3) is 0 Å². The number of anilines is 1. The minimum atomic E-state index is -0.931. The van der Waals surface area contributed by atoms with Gasteiger partial charge in [-0.15, -0.1) is 0 Å². The predicted molar refractivity (Wildman–Crippen MR) is 64.6 cm³/mol. The Labute approximate surface area is 103 Å². The van der Waals surface area contributed by atoms with E-state index in [-0.39, 0.29) is 12.1 Å². The van der Waals surface area contributed by atoms with E-state index in [9.17, 15) is 19.3 Å². The molecule has 0 aromatic heterocycles. The van der Waals surface area contributed by atoms with Crippen LogP contribution in [0.1, 0.15) is 20.3 Å². The molecule has 1 amide bonds. The molecule has 0 atom stereocenters. The van der Waals surface area contributed by atoms with Gasteiger partial charge in [0.1, 0.15) is 5.69 Å². The Balaban J connectivity index is 3.08. The van der Waals surface area contributed by atoms with Crippen LogP contribution in [0.5, 0.6) is 0 Å². The van der Waals surface area contributed by atoms with E-state index in [1.54, 1.807) is 13.8 Å². The summed E-state index contributed by atoms with van der Waals surface area (Å²) in [6.45, 7) is 3.29. The van der Waals surface area contributed by atoms with Gasteiger partial charge < -0.3 is 11.1 Å². The molecule has 18 heavy (non-hydrogen) atoms. The monoisotopic (exact) mass is 255 g/mol. The maximum atomic E-state index is 13.4. The number of hydrogen-bond acceptors (Lipinski definition) is 4. The van der Waals surface area contributed by atoms with Crippen LogP contribution in [0.3, 0.4) is 0 Å². The van der Waals surface area contributed by atoms with Crippen molar-refractivity contribution in [3.05, 3.63) is 34.1 Å². The predicted octanol–water partition coefficient (Wildman–Crippen LogP) is 1.80. The molecule has 0 aliphatic heterocycles. The maximum Gasteiger partial charge on any atom is 0.327 e. The smallest absolute Gasteiger partial charge is 0.327 e. The van der Waals surface area contributed by atoms with E-state index in [1.807, 2.05) is 0 Å². The van der Waals surface area contributed by atoms with Gasteiger partial charge in [-0.2, -0.15) is 4.39 Å². The number of primary amides is 1. The van der Waals surface area contributed by atoms with Gasteiger partial charge in [0.05, 0.1) is 4.92 Å². The summed E-state index contributed by atoms with van der Waals surface area (Å²) in [6, 6.07) is 3.74. The van der Waals surface area contributed by atoms with Gasteiger partial charge in [0, 0.05) is 12.0 Å². The zero-order chi connectivity index (χ0) is 13.9. The van der Waals surface area contributed by atoms with Crippen LogP contribution < -0.4 is 11.1 Å². The van der Waals surface area contributed by atoms with E-state index >= 15 is 0 Å². The maximum absolute atomic E-state index is 13.4. The molecule has 0 aliphatic rings. The fraction of sp³-hybridized carbons (Fsp3) is 0.364. The van der Waals surface area contributed by atoms with Crippen LogP contribution in [0, 0.1) is 15.9 Å². The number of carbonyl (C=O) groups excluding carboxylic acids is 1. The molecule has 98 valence electrons. The lowest BCUT2D eigenvalue weighted by atomic mass is 9.99. The number of rotatable bonds is 5. The molecule has 0 radical (unpaired) electrons. The van der Waals surface area contributed by atoms with Crippen molar-refractivity contribution in [3.8, 4) is 0 Å². The number of hydrogen-bond donors (Lipinski definition) is 2. The molecule has 0 saturated heterocycles. The minimum Gasteiger partial charge on any atom is -0.374 e. The van der Waals surface area contributed by atoms with Gasteiger partial charge in [0.2, 0.25) is 11.7 Å². The molecule has 0 bridgehead atoms. The van der Waals surface area contributed by atoms with Crippen molar-refractivity contribution < 1.29 is 14.1 Å². The van der Waals surface area contributed by atoms with Crippen molar-refractivity contribution in [2.45, 2.75) is 25.8 Å². The molecule has 3 N–H and O–H groups in total. The summed E-state index contributed by atoms with van der Waals surface area (Å²) >= 11 is 0. The van der Waals surface area contributed by atoms with Gasteiger partial charge in [-0.05, 0) is 26.0 Å². The average molecular weight is 255 g/mol. The standard InChI is InChI=1S/C11H14FN3O3/c1-11(2,6-9(13)16)14-8-5-3-4-7(12)10(8)15(17)18/h3-5,14H,6H2,1-2H3,(H2,13,16). The molecule has 0 fully saturated rings.